The first-order valence-electron chi connectivity index (χ1n) is 0. The second-order valence-corrected chi connectivity index (χ2v) is 0. The molecule has 0 spiro atoms. The van der Waals surface area contributed by atoms with E-state index in [1.54, 1.807) is 0 Å². The van der Waals surface area contributed by atoms with Crippen LogP contribution in [0, 0.1) is 0 Å². The zero-order chi connectivity index (χ0) is 0. The van der Waals surface area contributed by atoms with Crippen molar-refractivity contribution in [2.45, 2.75) is 0 Å². The van der Waals surface area contributed by atoms with Crippen LogP contribution in [0.25, 0.3) is 0 Å². The molecule has 0 bridgehead atoms. The minimum Gasteiger partial charge on any atom is -0.412 e. The van der Waals surface area contributed by atoms with E-state index in [2.05, 4.69) is 0 Å². The van der Waals surface area contributed by atoms with E-state index in [1.165, 1.54) is 0 Å². The fraction of sp³-hybridized carbons (Fsp3) is 0. The van der Waals surface area contributed by atoms with E-state index < -0.39 is 0 Å². The summed E-state index contributed by atoms with van der Waals surface area (Å²) in [5.41, 5.74) is 0. The molecule has 0 atom stereocenters. The molecule has 0 saturated carbocycles. The fourth-order valence-electron chi connectivity index (χ4n) is 0. The van der Waals surface area contributed by atoms with Gasteiger partial charge in [0.1, 0.15) is 0 Å². The predicted molar refractivity (Wildman–Crippen MR) is 188 cm³/mol. The zero-order valence-electron chi connectivity index (χ0n) is 31.2. The molecule has 59 heteroatoms. The molecule has 405 valence electrons. The molecule has 59 heavy (non-hydrogen) atoms. The summed E-state index contributed by atoms with van der Waals surface area (Å²) < 4.78 is 0. The predicted octanol–water partition coefficient (Wildman–Crippen LogP) is -36.5. The van der Waals surface area contributed by atoms with Gasteiger partial charge in [-0.25, -0.2) is 0 Å². The van der Waals surface area contributed by atoms with Crippen molar-refractivity contribution in [3.05, 3.63) is 0 Å². The largest absolute Gasteiger partial charge is 0.412 e. The summed E-state index contributed by atoms with van der Waals surface area (Å²) in [6.07, 6.45) is 0. The van der Waals surface area contributed by atoms with Gasteiger partial charge in [-0.1, -0.05) is 0 Å². The van der Waals surface area contributed by atoms with Gasteiger partial charge in [0.15, 0.2) is 0 Å². The van der Waals surface area contributed by atoms with E-state index >= 15 is 0 Å². The molecule has 0 aromatic carbocycles. The Labute approximate surface area is 728 Å². The maximum Gasteiger partial charge on any atom is 0 e. The molecule has 0 saturated heterocycles. The number of hydrogen-bond acceptors (Lipinski definition) is 0. The Bertz CT molecular complexity index is 77.8. The molecule has 0 amide bonds. The molecular formula is H82K5MgO41SiW11. The van der Waals surface area contributed by atoms with E-state index in [9.17, 15) is 0 Å². The van der Waals surface area contributed by atoms with Gasteiger partial charge in [0, 0.05) is 523 Å². The Morgan fingerprint density at radius 3 is 0.0847 bits per heavy atom. The van der Waals surface area contributed by atoms with Gasteiger partial charge < -0.3 is 225 Å². The topological polar surface area (TPSA) is 1290 Å². The summed E-state index contributed by atoms with van der Waals surface area (Å²) >= 11 is 0. The smallest absolute Gasteiger partial charge is 0 e. The molecule has 0 unspecified atom stereocenters. The van der Waals surface area contributed by atoms with Crippen LogP contribution >= 0.6 is 0 Å². The molecule has 0 aliphatic heterocycles. The van der Waals surface area contributed by atoms with Gasteiger partial charge in [-0.05, 0) is 0 Å². The molecule has 11 radical (unpaired) electrons. The second kappa shape index (κ2) is 1670. The second-order valence-electron chi connectivity index (χ2n) is 0. The monoisotopic (exact) mass is 3010 g/mol. The first kappa shape index (κ1) is 1740. The van der Waals surface area contributed by atoms with E-state index in [0.29, 0.717) is 0 Å². The number of hydrogen-bond donors (Lipinski definition) is 0. The summed E-state index contributed by atoms with van der Waals surface area (Å²) in [4.78, 5) is 0. The molecule has 41 nitrogen and oxygen atoms in total. The average Bonchev–Trinajstić information content (AvgIpc) is 0. The van der Waals surface area contributed by atoms with Crippen LogP contribution < -0.4 is 0 Å². The molecular weight excluding hydrogens is 2930 g/mol. The molecule has 0 heterocycles. The van der Waals surface area contributed by atoms with Gasteiger partial charge in [-0.3, -0.25) is 0 Å². The van der Waals surface area contributed by atoms with Crippen molar-refractivity contribution >= 4 is 291 Å². The van der Waals surface area contributed by atoms with Crippen LogP contribution in [-0.4, -0.2) is 515 Å². The first-order valence-corrected chi connectivity index (χ1v) is 0. The van der Waals surface area contributed by atoms with Crippen molar-refractivity contribution in [1.82, 2.24) is 0 Å². The van der Waals surface area contributed by atoms with E-state index in [-0.39, 0.29) is 747 Å². The third-order valence-corrected chi connectivity index (χ3v) is 0. The Balaban J connectivity index is 0. The van der Waals surface area contributed by atoms with Crippen LogP contribution in [0.1, 0.15) is 0 Å². The van der Waals surface area contributed by atoms with Gasteiger partial charge in [0.05, 0.1) is 0 Å². The van der Waals surface area contributed by atoms with Crippen LogP contribution in [0.2, 0.25) is 0 Å². The zero-order valence-corrected chi connectivity index (χ0v) is 81.5. The van der Waals surface area contributed by atoms with Crippen molar-refractivity contribution in [2.24, 2.45) is 0 Å². The maximum absolute atomic E-state index is 0. The molecule has 0 aliphatic rings. The summed E-state index contributed by atoms with van der Waals surface area (Å²) in [5, 5.41) is 0. The van der Waals surface area contributed by atoms with E-state index in [1.807, 2.05) is 0 Å². The van der Waals surface area contributed by atoms with Crippen LogP contribution in [0.4, 0.5) is 0 Å². The average molecular weight is 3010 g/mol. The summed E-state index contributed by atoms with van der Waals surface area (Å²) in [6, 6.07) is 0. The fourth-order valence-corrected chi connectivity index (χ4v) is 0. The minimum absolute atomic E-state index is 0. The summed E-state index contributed by atoms with van der Waals surface area (Å²) in [6.45, 7) is 0. The first-order chi connectivity index (χ1) is 0. The SMILES string of the molecule is O.O.O.O.O.O.O.O.O.O.O.O.O.O.O.O.O.O.O.O.O.O.O.O.O.O.O.O.O.O.O.O.O.O.O.O.O.O.O.O.O.[K].[K].[K].[K].[K].[Mg].[Si].[W].[W].[W].[W].[W].[W].[W].[W].[W].[W].[W]. The third-order valence-electron chi connectivity index (χ3n) is 0. The van der Waals surface area contributed by atoms with Crippen molar-refractivity contribution in [2.75, 3.05) is 0 Å². The van der Waals surface area contributed by atoms with Gasteiger partial charge >= 0.3 is 0 Å². The van der Waals surface area contributed by atoms with Crippen molar-refractivity contribution < 1.29 is 456 Å². The van der Waals surface area contributed by atoms with Crippen molar-refractivity contribution in [3.8, 4) is 0 Å². The molecule has 0 fully saturated rings. The normalized spacial score (nSPS) is 0. The third kappa shape index (κ3) is 1620. The van der Waals surface area contributed by atoms with Gasteiger partial charge in [0.2, 0.25) is 0 Å². The summed E-state index contributed by atoms with van der Waals surface area (Å²) in [7, 11) is 0. The van der Waals surface area contributed by atoms with Gasteiger partial charge in [0.25, 0.3) is 0 Å². The minimum atomic E-state index is 0. The summed E-state index contributed by atoms with van der Waals surface area (Å²) in [5.74, 6) is 0. The molecule has 0 rings (SSSR count). The Kier molecular flexibility index (Phi) is 49100. The van der Waals surface area contributed by atoms with Crippen molar-refractivity contribution in [3.63, 3.8) is 0 Å². The van der Waals surface area contributed by atoms with Crippen LogP contribution in [0.3, 0.4) is 0 Å². The Morgan fingerprint density at radius 2 is 0.0847 bits per heavy atom. The number of rotatable bonds is 0. The Hall–Kier alpha value is 15.1. The molecule has 0 aliphatic carbocycles. The van der Waals surface area contributed by atoms with E-state index in [4.69, 9.17) is 0 Å². The van der Waals surface area contributed by atoms with Crippen molar-refractivity contribution in [1.29, 1.82) is 0 Å². The molecule has 82 N–H and O–H groups in total. The van der Waals surface area contributed by atoms with Crippen LogP contribution in [0.15, 0.2) is 0 Å². The Morgan fingerprint density at radius 1 is 0.0847 bits per heavy atom. The molecule has 0 aromatic heterocycles. The van der Waals surface area contributed by atoms with Crippen LogP contribution in [-0.2, 0) is 232 Å². The quantitative estimate of drug-likeness (QED) is 0.204. The van der Waals surface area contributed by atoms with E-state index in [0.717, 1.165) is 0 Å². The van der Waals surface area contributed by atoms with Crippen LogP contribution in [0.5, 0.6) is 0 Å². The molecule has 0 aromatic rings. The van der Waals surface area contributed by atoms with Gasteiger partial charge in [-0.2, -0.15) is 0 Å². The van der Waals surface area contributed by atoms with Gasteiger partial charge in [-0.15, -0.1) is 0 Å². The standard InChI is InChI=1S/5K.Mg.41H2O.Si.11W/h;;;;;;41*1H2;;;;;;;;;;;;. The maximum atomic E-state index is 0.